The van der Waals surface area contributed by atoms with Crippen molar-refractivity contribution in [1.82, 2.24) is 0 Å². The van der Waals surface area contributed by atoms with E-state index in [2.05, 4.69) is 34.9 Å². The lowest BCUT2D eigenvalue weighted by Gasteiger charge is -2.13. The summed E-state index contributed by atoms with van der Waals surface area (Å²) in [6, 6.07) is 10.0. The Bertz CT molecular complexity index is 309. The lowest BCUT2D eigenvalue weighted by atomic mass is 9.99. The van der Waals surface area contributed by atoms with E-state index < -0.39 is 0 Å². The molecule has 1 rings (SSSR count). The van der Waals surface area contributed by atoms with Gasteiger partial charge in [-0.15, -0.1) is 0 Å². The fourth-order valence-electron chi connectivity index (χ4n) is 0.900. The first-order valence-corrected chi connectivity index (χ1v) is 6.02. The van der Waals surface area contributed by atoms with Gasteiger partial charge in [-0.25, -0.2) is 0 Å². The highest BCUT2D eigenvalue weighted by Crippen LogP contribution is 2.14. The van der Waals surface area contributed by atoms with Gasteiger partial charge in [0.2, 0.25) is 0 Å². The standard InChI is InChI=1S/C12H16BrNO/c1-12(2,9-13)10-14-15-8-11-6-4-3-5-7-11/h3-7,10H,8-9H2,1-2H3. The summed E-state index contributed by atoms with van der Waals surface area (Å²) in [6.07, 6.45) is 1.82. The summed E-state index contributed by atoms with van der Waals surface area (Å²) in [5.41, 5.74) is 1.17. The van der Waals surface area contributed by atoms with E-state index in [0.717, 1.165) is 10.9 Å². The highest BCUT2D eigenvalue weighted by atomic mass is 79.9. The summed E-state index contributed by atoms with van der Waals surface area (Å²) in [4.78, 5) is 5.21. The van der Waals surface area contributed by atoms with Crippen LogP contribution in [0.25, 0.3) is 0 Å². The van der Waals surface area contributed by atoms with E-state index in [4.69, 9.17) is 4.84 Å². The van der Waals surface area contributed by atoms with Gasteiger partial charge in [0, 0.05) is 10.7 Å². The summed E-state index contributed by atoms with van der Waals surface area (Å²) in [5.74, 6) is 0. The number of oxime groups is 1. The monoisotopic (exact) mass is 269 g/mol. The molecule has 0 aliphatic rings. The highest BCUT2D eigenvalue weighted by Gasteiger charge is 2.12. The Morgan fingerprint density at radius 2 is 2.00 bits per heavy atom. The molecule has 2 nitrogen and oxygen atoms in total. The third-order valence-electron chi connectivity index (χ3n) is 1.90. The Morgan fingerprint density at radius 3 is 2.60 bits per heavy atom. The number of halogens is 1. The van der Waals surface area contributed by atoms with Crippen LogP contribution in [0, 0.1) is 5.41 Å². The number of hydrogen-bond donors (Lipinski definition) is 0. The zero-order chi connectivity index (χ0) is 11.1. The molecular weight excluding hydrogens is 254 g/mol. The molecule has 0 aromatic heterocycles. The van der Waals surface area contributed by atoms with Crippen LogP contribution in [0.15, 0.2) is 35.5 Å². The van der Waals surface area contributed by atoms with Crippen LogP contribution in [-0.2, 0) is 11.4 Å². The maximum atomic E-state index is 5.21. The van der Waals surface area contributed by atoms with Crippen LogP contribution in [0.4, 0.5) is 0 Å². The van der Waals surface area contributed by atoms with Crippen LogP contribution in [0.2, 0.25) is 0 Å². The Hall–Kier alpha value is -0.830. The number of rotatable bonds is 5. The Labute approximate surface area is 99.5 Å². The third-order valence-corrected chi connectivity index (χ3v) is 3.34. The SMILES string of the molecule is CC(C)(C=NOCc1ccccc1)CBr. The van der Waals surface area contributed by atoms with Crippen molar-refractivity contribution in [2.24, 2.45) is 10.6 Å². The second-order valence-corrected chi connectivity index (χ2v) is 4.68. The third kappa shape index (κ3) is 4.98. The number of alkyl halides is 1. The van der Waals surface area contributed by atoms with Gasteiger partial charge in [0.15, 0.2) is 0 Å². The Kier molecular flexibility index (Phi) is 4.82. The highest BCUT2D eigenvalue weighted by molar-refractivity contribution is 9.09. The van der Waals surface area contributed by atoms with Crippen molar-refractivity contribution in [3.8, 4) is 0 Å². The molecule has 0 spiro atoms. The number of hydrogen-bond acceptors (Lipinski definition) is 2. The topological polar surface area (TPSA) is 21.6 Å². The molecule has 0 radical (unpaired) electrons. The minimum atomic E-state index is 0.0384. The van der Waals surface area contributed by atoms with Crippen LogP contribution in [0.1, 0.15) is 19.4 Å². The average molecular weight is 270 g/mol. The van der Waals surface area contributed by atoms with E-state index >= 15 is 0 Å². The van der Waals surface area contributed by atoms with Crippen molar-refractivity contribution in [3.63, 3.8) is 0 Å². The Balaban J connectivity index is 2.34. The summed E-state index contributed by atoms with van der Waals surface area (Å²) >= 11 is 3.42. The molecule has 0 amide bonds. The molecule has 0 atom stereocenters. The smallest absolute Gasteiger partial charge is 0.142 e. The molecule has 0 N–H and O–H groups in total. The van der Waals surface area contributed by atoms with Crippen LogP contribution >= 0.6 is 15.9 Å². The summed E-state index contributed by atoms with van der Waals surface area (Å²) < 4.78 is 0. The molecule has 0 heterocycles. The van der Waals surface area contributed by atoms with Crippen molar-refractivity contribution in [3.05, 3.63) is 35.9 Å². The van der Waals surface area contributed by atoms with Crippen LogP contribution < -0.4 is 0 Å². The molecule has 3 heteroatoms. The van der Waals surface area contributed by atoms with Gasteiger partial charge in [0.25, 0.3) is 0 Å². The van der Waals surface area contributed by atoms with E-state index in [-0.39, 0.29) is 5.41 Å². The molecule has 0 saturated heterocycles. The predicted octanol–water partition coefficient (Wildman–Crippen LogP) is 3.61. The lowest BCUT2D eigenvalue weighted by molar-refractivity contribution is 0.130. The van der Waals surface area contributed by atoms with Gasteiger partial charge in [0.1, 0.15) is 6.61 Å². The molecule has 15 heavy (non-hydrogen) atoms. The van der Waals surface area contributed by atoms with E-state index in [0.29, 0.717) is 6.61 Å². The maximum Gasteiger partial charge on any atom is 0.142 e. The van der Waals surface area contributed by atoms with Crippen LogP contribution in [-0.4, -0.2) is 11.5 Å². The first kappa shape index (κ1) is 12.2. The molecule has 0 aliphatic heterocycles. The molecule has 0 bridgehead atoms. The molecule has 1 aromatic carbocycles. The average Bonchev–Trinajstić information content (AvgIpc) is 2.26. The van der Waals surface area contributed by atoms with Crippen LogP contribution in [0.3, 0.4) is 0 Å². The van der Waals surface area contributed by atoms with E-state index in [9.17, 15) is 0 Å². The molecular formula is C12H16BrNO. The van der Waals surface area contributed by atoms with Crippen molar-refractivity contribution < 1.29 is 4.84 Å². The van der Waals surface area contributed by atoms with E-state index in [1.807, 2.05) is 36.5 Å². The van der Waals surface area contributed by atoms with Gasteiger partial charge >= 0.3 is 0 Å². The molecule has 1 aromatic rings. The largest absolute Gasteiger partial charge is 0.391 e. The molecule has 0 fully saturated rings. The van der Waals surface area contributed by atoms with Crippen molar-refractivity contribution in [2.45, 2.75) is 20.5 Å². The number of benzene rings is 1. The molecule has 82 valence electrons. The van der Waals surface area contributed by atoms with Crippen molar-refractivity contribution in [2.75, 3.05) is 5.33 Å². The summed E-state index contributed by atoms with van der Waals surface area (Å²) in [6.45, 7) is 4.71. The van der Waals surface area contributed by atoms with Crippen molar-refractivity contribution >= 4 is 22.1 Å². The number of nitrogens with zero attached hydrogens (tertiary/aromatic N) is 1. The first-order chi connectivity index (χ1) is 7.14. The zero-order valence-electron chi connectivity index (χ0n) is 9.11. The minimum absolute atomic E-state index is 0.0384. The van der Waals surface area contributed by atoms with Gasteiger partial charge in [0.05, 0.1) is 6.21 Å². The van der Waals surface area contributed by atoms with Crippen molar-refractivity contribution in [1.29, 1.82) is 0 Å². The zero-order valence-corrected chi connectivity index (χ0v) is 10.7. The Morgan fingerprint density at radius 1 is 1.33 bits per heavy atom. The summed E-state index contributed by atoms with van der Waals surface area (Å²) in [5, 5.41) is 4.83. The molecule has 0 unspecified atom stereocenters. The molecule has 0 aliphatic carbocycles. The van der Waals surface area contributed by atoms with E-state index in [1.54, 1.807) is 0 Å². The fraction of sp³-hybridized carbons (Fsp3) is 0.417. The minimum Gasteiger partial charge on any atom is -0.391 e. The van der Waals surface area contributed by atoms with Gasteiger partial charge in [-0.2, -0.15) is 0 Å². The summed E-state index contributed by atoms with van der Waals surface area (Å²) in [7, 11) is 0. The predicted molar refractivity (Wildman–Crippen MR) is 67.3 cm³/mol. The second-order valence-electron chi connectivity index (χ2n) is 4.12. The molecule has 0 saturated carbocycles. The van der Waals surface area contributed by atoms with E-state index in [1.165, 1.54) is 0 Å². The van der Waals surface area contributed by atoms with Gasteiger partial charge in [-0.1, -0.05) is 65.3 Å². The van der Waals surface area contributed by atoms with Crippen LogP contribution in [0.5, 0.6) is 0 Å². The fourth-order valence-corrected chi connectivity index (χ4v) is 1.05. The van der Waals surface area contributed by atoms with Gasteiger partial charge in [-0.05, 0) is 5.56 Å². The maximum absolute atomic E-state index is 5.21. The first-order valence-electron chi connectivity index (χ1n) is 4.90. The lowest BCUT2D eigenvalue weighted by Crippen LogP contribution is -2.14. The van der Waals surface area contributed by atoms with Gasteiger partial charge < -0.3 is 4.84 Å². The quantitative estimate of drug-likeness (QED) is 0.455. The normalized spacial score (nSPS) is 11.9. The second kappa shape index (κ2) is 5.91. The van der Waals surface area contributed by atoms with Gasteiger partial charge in [-0.3, -0.25) is 0 Å².